The number of benzene rings is 2. The van der Waals surface area contributed by atoms with Crippen molar-refractivity contribution in [2.45, 2.75) is 19.3 Å². The van der Waals surface area contributed by atoms with Crippen molar-refractivity contribution in [1.82, 2.24) is 4.90 Å². The number of nitrogens with zero attached hydrogens (tertiary/aromatic N) is 3. The molecule has 0 radical (unpaired) electrons. The van der Waals surface area contributed by atoms with E-state index in [1.54, 1.807) is 23.1 Å². The molecule has 0 atom stereocenters. The van der Waals surface area contributed by atoms with Gasteiger partial charge in [0.25, 0.3) is 11.6 Å². The van der Waals surface area contributed by atoms with Gasteiger partial charge in [0.15, 0.2) is 6.61 Å². The summed E-state index contributed by atoms with van der Waals surface area (Å²) < 4.78 is 5.24. The van der Waals surface area contributed by atoms with Crippen LogP contribution in [0.5, 0.6) is 0 Å². The minimum absolute atomic E-state index is 0.0535. The zero-order chi connectivity index (χ0) is 21.1. The fourth-order valence-electron chi connectivity index (χ4n) is 4.00. The summed E-state index contributed by atoms with van der Waals surface area (Å²) in [5.74, 6) is -0.685. The number of nitro groups is 1. The first-order valence-corrected chi connectivity index (χ1v) is 10.1. The number of hydrogen-bond acceptors (Lipinski definition) is 6. The maximum atomic E-state index is 12.4. The smallest absolute Gasteiger partial charge is 0.338 e. The maximum absolute atomic E-state index is 12.4. The molecule has 0 unspecified atom stereocenters. The van der Waals surface area contributed by atoms with Crippen molar-refractivity contribution >= 4 is 23.3 Å². The molecule has 0 N–H and O–H groups in total. The van der Waals surface area contributed by atoms with Gasteiger partial charge in [-0.25, -0.2) is 4.79 Å². The molecule has 8 heteroatoms. The fourth-order valence-corrected chi connectivity index (χ4v) is 4.00. The van der Waals surface area contributed by atoms with Crippen molar-refractivity contribution in [3.05, 3.63) is 69.3 Å². The number of non-ortho nitro benzene ring substituents is 1. The standard InChI is InChI=1S/C22H23N3O5/c26-21(15-30-22(27)18-5-4-16-2-1-3-17(16)14-18)24-12-10-23(11-13-24)19-6-8-20(9-7-19)25(28)29/h4-9,14H,1-3,10-13,15H2. The van der Waals surface area contributed by atoms with E-state index in [0.29, 0.717) is 31.7 Å². The van der Waals surface area contributed by atoms with E-state index in [4.69, 9.17) is 4.74 Å². The van der Waals surface area contributed by atoms with Crippen LogP contribution in [-0.2, 0) is 22.4 Å². The number of esters is 1. The number of rotatable bonds is 5. The Morgan fingerprint density at radius 1 is 0.967 bits per heavy atom. The number of piperazine rings is 1. The number of carbonyl (C=O) groups excluding carboxylic acids is 2. The summed E-state index contributed by atoms with van der Waals surface area (Å²) in [7, 11) is 0. The lowest BCUT2D eigenvalue weighted by Gasteiger charge is -2.36. The van der Waals surface area contributed by atoms with E-state index in [2.05, 4.69) is 4.90 Å². The lowest BCUT2D eigenvalue weighted by Crippen LogP contribution is -2.49. The SMILES string of the molecule is O=C(OCC(=O)N1CCN(c2ccc([N+](=O)[O-])cc2)CC1)c1ccc2c(c1)CCC2. The first kappa shape index (κ1) is 19.9. The highest BCUT2D eigenvalue weighted by Crippen LogP contribution is 2.23. The minimum atomic E-state index is -0.470. The number of nitro benzene ring substituents is 1. The van der Waals surface area contributed by atoms with Gasteiger partial charge in [0, 0.05) is 44.0 Å². The second kappa shape index (κ2) is 8.52. The molecule has 2 aliphatic rings. The molecule has 1 amide bonds. The predicted octanol–water partition coefficient (Wildman–Crippen LogP) is 2.59. The van der Waals surface area contributed by atoms with Gasteiger partial charge in [-0.15, -0.1) is 0 Å². The Bertz CT molecular complexity index is 965. The van der Waals surface area contributed by atoms with E-state index >= 15 is 0 Å². The number of amides is 1. The highest BCUT2D eigenvalue weighted by molar-refractivity contribution is 5.91. The molecule has 156 valence electrons. The minimum Gasteiger partial charge on any atom is -0.452 e. The summed E-state index contributed by atoms with van der Waals surface area (Å²) in [6.45, 7) is 1.97. The topological polar surface area (TPSA) is 93.0 Å². The zero-order valence-corrected chi connectivity index (χ0v) is 16.6. The van der Waals surface area contributed by atoms with Crippen molar-refractivity contribution in [3.8, 4) is 0 Å². The van der Waals surface area contributed by atoms with Crippen LogP contribution in [0.4, 0.5) is 11.4 Å². The first-order chi connectivity index (χ1) is 14.5. The van der Waals surface area contributed by atoms with E-state index in [9.17, 15) is 19.7 Å². The largest absolute Gasteiger partial charge is 0.452 e. The molecule has 0 aromatic heterocycles. The summed E-state index contributed by atoms with van der Waals surface area (Å²) in [6.07, 6.45) is 3.14. The van der Waals surface area contributed by atoms with Crippen LogP contribution in [0.15, 0.2) is 42.5 Å². The molecule has 1 aliphatic carbocycles. The summed E-state index contributed by atoms with van der Waals surface area (Å²) in [4.78, 5) is 38.8. The van der Waals surface area contributed by atoms with Gasteiger partial charge in [0.05, 0.1) is 10.5 Å². The molecule has 1 fully saturated rings. The Morgan fingerprint density at radius 3 is 2.37 bits per heavy atom. The molecule has 1 saturated heterocycles. The van der Waals surface area contributed by atoms with Crippen LogP contribution in [0, 0.1) is 10.1 Å². The van der Waals surface area contributed by atoms with Gasteiger partial charge in [-0.1, -0.05) is 6.07 Å². The van der Waals surface area contributed by atoms with Gasteiger partial charge < -0.3 is 14.5 Å². The molecule has 0 spiro atoms. The molecule has 30 heavy (non-hydrogen) atoms. The Morgan fingerprint density at radius 2 is 1.67 bits per heavy atom. The fraction of sp³-hybridized carbons (Fsp3) is 0.364. The summed E-state index contributed by atoms with van der Waals surface area (Å²) in [6, 6.07) is 12.0. The van der Waals surface area contributed by atoms with Gasteiger partial charge >= 0.3 is 5.97 Å². The van der Waals surface area contributed by atoms with Crippen LogP contribution >= 0.6 is 0 Å². The molecule has 0 saturated carbocycles. The Hall–Kier alpha value is -3.42. The highest BCUT2D eigenvalue weighted by Gasteiger charge is 2.23. The number of aryl methyl sites for hydroxylation is 2. The van der Waals surface area contributed by atoms with Crippen LogP contribution < -0.4 is 4.90 Å². The number of anilines is 1. The normalized spacial score (nSPS) is 15.6. The molecule has 1 aliphatic heterocycles. The molecule has 8 nitrogen and oxygen atoms in total. The third-order valence-corrected chi connectivity index (χ3v) is 5.72. The summed E-state index contributed by atoms with van der Waals surface area (Å²) >= 11 is 0. The van der Waals surface area contributed by atoms with Gasteiger partial charge in [-0.05, 0) is 54.7 Å². The molecule has 0 bridgehead atoms. The number of carbonyl (C=O) groups is 2. The third-order valence-electron chi connectivity index (χ3n) is 5.72. The Balaban J connectivity index is 1.26. The monoisotopic (exact) mass is 409 g/mol. The highest BCUT2D eigenvalue weighted by atomic mass is 16.6. The zero-order valence-electron chi connectivity index (χ0n) is 16.6. The van der Waals surface area contributed by atoms with Crippen molar-refractivity contribution in [2.24, 2.45) is 0 Å². The maximum Gasteiger partial charge on any atom is 0.338 e. The molecule has 1 heterocycles. The van der Waals surface area contributed by atoms with Gasteiger partial charge in [0.1, 0.15) is 0 Å². The first-order valence-electron chi connectivity index (χ1n) is 10.1. The van der Waals surface area contributed by atoms with Crippen molar-refractivity contribution in [2.75, 3.05) is 37.7 Å². The lowest BCUT2D eigenvalue weighted by molar-refractivity contribution is -0.384. The van der Waals surface area contributed by atoms with Crippen molar-refractivity contribution < 1.29 is 19.2 Å². The van der Waals surface area contributed by atoms with E-state index in [1.165, 1.54) is 23.3 Å². The molecule has 2 aromatic rings. The van der Waals surface area contributed by atoms with E-state index < -0.39 is 10.9 Å². The van der Waals surface area contributed by atoms with Crippen molar-refractivity contribution in [3.63, 3.8) is 0 Å². The summed E-state index contributed by atoms with van der Waals surface area (Å²) in [5, 5.41) is 10.8. The molecular formula is C22H23N3O5. The van der Waals surface area contributed by atoms with Crippen LogP contribution in [0.1, 0.15) is 27.9 Å². The lowest BCUT2D eigenvalue weighted by atomic mass is 10.1. The van der Waals surface area contributed by atoms with Crippen LogP contribution in [0.25, 0.3) is 0 Å². The van der Waals surface area contributed by atoms with Crippen molar-refractivity contribution in [1.29, 1.82) is 0 Å². The van der Waals surface area contributed by atoms with E-state index in [1.807, 2.05) is 12.1 Å². The van der Waals surface area contributed by atoms with E-state index in [0.717, 1.165) is 24.9 Å². The second-order valence-corrected chi connectivity index (χ2v) is 7.55. The second-order valence-electron chi connectivity index (χ2n) is 7.55. The summed E-state index contributed by atoms with van der Waals surface area (Å²) in [5.41, 5.74) is 3.91. The van der Waals surface area contributed by atoms with Gasteiger partial charge in [0.2, 0.25) is 0 Å². The predicted molar refractivity (Wildman–Crippen MR) is 111 cm³/mol. The molecular weight excluding hydrogens is 386 g/mol. The van der Waals surface area contributed by atoms with Crippen LogP contribution in [0.3, 0.4) is 0 Å². The Labute approximate surface area is 174 Å². The Kier molecular flexibility index (Phi) is 5.65. The number of hydrogen-bond donors (Lipinski definition) is 0. The number of fused-ring (bicyclic) bond motifs is 1. The van der Waals surface area contributed by atoms with Crippen LogP contribution in [-0.4, -0.2) is 54.5 Å². The van der Waals surface area contributed by atoms with Crippen LogP contribution in [0.2, 0.25) is 0 Å². The van der Waals surface area contributed by atoms with Gasteiger partial charge in [-0.3, -0.25) is 14.9 Å². The average molecular weight is 409 g/mol. The van der Waals surface area contributed by atoms with E-state index in [-0.39, 0.29) is 18.2 Å². The molecule has 4 rings (SSSR count). The number of ether oxygens (including phenoxy) is 1. The third kappa shape index (κ3) is 4.27. The quantitative estimate of drug-likeness (QED) is 0.428. The van der Waals surface area contributed by atoms with Gasteiger partial charge in [-0.2, -0.15) is 0 Å². The molecule has 2 aromatic carbocycles. The average Bonchev–Trinajstić information content (AvgIpc) is 3.25.